The van der Waals surface area contributed by atoms with Crippen molar-refractivity contribution in [3.8, 4) is 0 Å². The highest BCUT2D eigenvalue weighted by molar-refractivity contribution is 5.69. The zero-order chi connectivity index (χ0) is 17.1. The average molecular weight is 304 g/mol. The Bertz CT molecular complexity index is 188. The van der Waals surface area contributed by atoms with Gasteiger partial charge < -0.3 is 9.64 Å². The van der Waals surface area contributed by atoms with E-state index in [0.717, 1.165) is 25.9 Å². The van der Waals surface area contributed by atoms with Crippen molar-refractivity contribution >= 4 is 5.97 Å². The van der Waals surface area contributed by atoms with Gasteiger partial charge >= 0.3 is 5.97 Å². The topological polar surface area (TPSA) is 29.5 Å². The SMILES string of the molecule is CC.CC.CC.CCCN1CCC(CC(=O)OCC)CC1. The van der Waals surface area contributed by atoms with Gasteiger partial charge in [0.2, 0.25) is 0 Å². The number of hydrogen-bond acceptors (Lipinski definition) is 3. The molecule has 0 amide bonds. The second-order valence-electron chi connectivity index (χ2n) is 4.29. The number of hydrogen-bond donors (Lipinski definition) is 0. The van der Waals surface area contributed by atoms with Gasteiger partial charge in [0, 0.05) is 6.42 Å². The number of rotatable bonds is 5. The van der Waals surface area contributed by atoms with E-state index in [1.165, 1.54) is 13.0 Å². The van der Waals surface area contributed by atoms with Crippen molar-refractivity contribution in [1.82, 2.24) is 4.90 Å². The summed E-state index contributed by atoms with van der Waals surface area (Å²) in [6, 6.07) is 0. The Labute approximate surface area is 134 Å². The molecule has 130 valence electrons. The largest absolute Gasteiger partial charge is 0.466 e. The van der Waals surface area contributed by atoms with Crippen molar-refractivity contribution in [2.45, 2.75) is 81.1 Å². The molecule has 1 fully saturated rings. The monoisotopic (exact) mass is 303 g/mol. The lowest BCUT2D eigenvalue weighted by molar-refractivity contribution is -0.144. The Morgan fingerprint density at radius 1 is 1.00 bits per heavy atom. The first-order valence-electron chi connectivity index (χ1n) is 9.14. The van der Waals surface area contributed by atoms with Crippen LogP contribution in [0, 0.1) is 5.92 Å². The molecule has 3 nitrogen and oxygen atoms in total. The molecule has 0 radical (unpaired) electrons. The first-order valence-corrected chi connectivity index (χ1v) is 9.14. The maximum Gasteiger partial charge on any atom is 0.306 e. The van der Waals surface area contributed by atoms with Crippen molar-refractivity contribution in [1.29, 1.82) is 0 Å². The molecule has 0 aliphatic carbocycles. The van der Waals surface area contributed by atoms with Crippen LogP contribution >= 0.6 is 0 Å². The van der Waals surface area contributed by atoms with E-state index in [0.29, 0.717) is 18.9 Å². The van der Waals surface area contributed by atoms with Crippen molar-refractivity contribution in [3.05, 3.63) is 0 Å². The number of nitrogens with zero attached hydrogens (tertiary/aromatic N) is 1. The third-order valence-corrected chi connectivity index (χ3v) is 3.01. The minimum absolute atomic E-state index is 0.0218. The normalized spacial score (nSPS) is 14.5. The lowest BCUT2D eigenvalue weighted by atomic mass is 9.93. The molecule has 21 heavy (non-hydrogen) atoms. The van der Waals surface area contributed by atoms with Gasteiger partial charge in [-0.1, -0.05) is 48.5 Å². The Kier molecular flexibility index (Phi) is 26.3. The Hall–Kier alpha value is -0.570. The van der Waals surface area contributed by atoms with E-state index in [2.05, 4.69) is 11.8 Å². The minimum Gasteiger partial charge on any atom is -0.466 e. The van der Waals surface area contributed by atoms with Crippen LogP contribution in [0.3, 0.4) is 0 Å². The predicted octanol–water partition coefficient (Wildman–Crippen LogP) is 5.14. The van der Waals surface area contributed by atoms with Gasteiger partial charge in [0.1, 0.15) is 0 Å². The molecule has 0 unspecified atom stereocenters. The fourth-order valence-electron chi connectivity index (χ4n) is 2.19. The molecule has 1 rings (SSSR count). The summed E-state index contributed by atoms with van der Waals surface area (Å²) in [5.74, 6) is 0.531. The second-order valence-corrected chi connectivity index (χ2v) is 4.29. The molecule has 1 aliphatic heterocycles. The fourth-order valence-corrected chi connectivity index (χ4v) is 2.19. The molecule has 1 heterocycles. The minimum atomic E-state index is -0.0218. The number of esters is 1. The summed E-state index contributed by atoms with van der Waals surface area (Å²) in [6.07, 6.45) is 4.15. The molecule has 3 heteroatoms. The molecular weight excluding hydrogens is 262 g/mol. The fraction of sp³-hybridized carbons (Fsp3) is 0.944. The van der Waals surface area contributed by atoms with Gasteiger partial charge in [0.25, 0.3) is 0 Å². The molecule has 0 aromatic carbocycles. The maximum atomic E-state index is 11.3. The highest BCUT2D eigenvalue weighted by atomic mass is 16.5. The molecular formula is C18H41NO2. The second kappa shape index (κ2) is 21.7. The molecule has 0 bridgehead atoms. The van der Waals surface area contributed by atoms with E-state index >= 15 is 0 Å². The molecule has 1 saturated heterocycles. The van der Waals surface area contributed by atoms with Crippen LogP contribution in [0.2, 0.25) is 0 Å². The molecule has 0 saturated carbocycles. The summed E-state index contributed by atoms with van der Waals surface area (Å²) >= 11 is 0. The summed E-state index contributed by atoms with van der Waals surface area (Å²) < 4.78 is 4.97. The Morgan fingerprint density at radius 2 is 1.48 bits per heavy atom. The zero-order valence-corrected chi connectivity index (χ0v) is 16.0. The molecule has 0 aromatic rings. The van der Waals surface area contributed by atoms with E-state index in [-0.39, 0.29) is 5.97 Å². The first kappa shape index (κ1) is 25.4. The quantitative estimate of drug-likeness (QED) is 0.659. The first-order chi connectivity index (χ1) is 10.3. The summed E-state index contributed by atoms with van der Waals surface area (Å²) in [6.45, 7) is 20.1. The van der Waals surface area contributed by atoms with Crippen LogP contribution in [0.25, 0.3) is 0 Å². The van der Waals surface area contributed by atoms with Gasteiger partial charge in [-0.15, -0.1) is 0 Å². The van der Waals surface area contributed by atoms with Gasteiger partial charge in [0.15, 0.2) is 0 Å². The third kappa shape index (κ3) is 15.6. The van der Waals surface area contributed by atoms with Crippen LogP contribution < -0.4 is 0 Å². The van der Waals surface area contributed by atoms with Crippen LogP contribution in [0.5, 0.6) is 0 Å². The summed E-state index contributed by atoms with van der Waals surface area (Å²) in [4.78, 5) is 13.8. The lowest BCUT2D eigenvalue weighted by Crippen LogP contribution is -2.34. The zero-order valence-electron chi connectivity index (χ0n) is 16.0. The Morgan fingerprint density at radius 3 is 1.86 bits per heavy atom. The standard InChI is InChI=1S/C12H23NO2.3C2H6/c1-3-7-13-8-5-11(6-9-13)10-12(14)15-4-2;3*1-2/h11H,3-10H2,1-2H3;3*1-2H3. The molecule has 0 N–H and O–H groups in total. The van der Waals surface area contributed by atoms with Gasteiger partial charge in [-0.25, -0.2) is 0 Å². The number of likely N-dealkylation sites (tertiary alicyclic amines) is 1. The number of carbonyl (C=O) groups excluding carboxylic acids is 1. The maximum absolute atomic E-state index is 11.3. The van der Waals surface area contributed by atoms with Gasteiger partial charge in [0.05, 0.1) is 6.61 Å². The van der Waals surface area contributed by atoms with Crippen LogP contribution in [0.15, 0.2) is 0 Å². The van der Waals surface area contributed by atoms with Crippen LogP contribution in [0.1, 0.15) is 81.1 Å². The van der Waals surface area contributed by atoms with Crippen molar-refractivity contribution < 1.29 is 9.53 Å². The predicted molar refractivity (Wildman–Crippen MR) is 94.7 cm³/mol. The van der Waals surface area contributed by atoms with Crippen molar-refractivity contribution in [2.24, 2.45) is 5.92 Å². The molecule has 1 aliphatic rings. The van der Waals surface area contributed by atoms with E-state index in [1.807, 2.05) is 48.5 Å². The van der Waals surface area contributed by atoms with Crippen molar-refractivity contribution in [2.75, 3.05) is 26.2 Å². The van der Waals surface area contributed by atoms with E-state index < -0.39 is 0 Å². The summed E-state index contributed by atoms with van der Waals surface area (Å²) in [5.41, 5.74) is 0. The Balaban J connectivity index is -0.000000478. The third-order valence-electron chi connectivity index (χ3n) is 3.01. The van der Waals surface area contributed by atoms with Gasteiger partial charge in [-0.3, -0.25) is 4.79 Å². The summed E-state index contributed by atoms with van der Waals surface area (Å²) in [7, 11) is 0. The number of piperidine rings is 1. The molecule has 0 aromatic heterocycles. The van der Waals surface area contributed by atoms with Crippen molar-refractivity contribution in [3.63, 3.8) is 0 Å². The van der Waals surface area contributed by atoms with Crippen LogP contribution in [-0.4, -0.2) is 37.1 Å². The van der Waals surface area contributed by atoms with Crippen LogP contribution in [-0.2, 0) is 9.53 Å². The van der Waals surface area contributed by atoms with E-state index in [9.17, 15) is 4.79 Å². The summed E-state index contributed by atoms with van der Waals surface area (Å²) in [5, 5.41) is 0. The van der Waals surface area contributed by atoms with Gasteiger partial charge in [-0.05, 0) is 51.7 Å². The van der Waals surface area contributed by atoms with E-state index in [4.69, 9.17) is 4.74 Å². The molecule has 0 spiro atoms. The van der Waals surface area contributed by atoms with E-state index in [1.54, 1.807) is 0 Å². The number of carbonyl (C=O) groups is 1. The van der Waals surface area contributed by atoms with Gasteiger partial charge in [-0.2, -0.15) is 0 Å². The lowest BCUT2D eigenvalue weighted by Gasteiger charge is -2.31. The average Bonchev–Trinajstić information content (AvgIpc) is 2.55. The highest BCUT2D eigenvalue weighted by Gasteiger charge is 2.21. The smallest absolute Gasteiger partial charge is 0.306 e. The molecule has 0 atom stereocenters. The van der Waals surface area contributed by atoms with Crippen LogP contribution in [0.4, 0.5) is 0 Å². The highest BCUT2D eigenvalue weighted by Crippen LogP contribution is 2.20. The number of ether oxygens (including phenoxy) is 1.